The van der Waals surface area contributed by atoms with Crippen LogP contribution in [-0.4, -0.2) is 37.0 Å². The summed E-state index contributed by atoms with van der Waals surface area (Å²) in [6, 6.07) is 13.2. The Morgan fingerprint density at radius 2 is 1.81 bits per heavy atom. The summed E-state index contributed by atoms with van der Waals surface area (Å²) < 4.78 is 49.6. The third-order valence-electron chi connectivity index (χ3n) is 5.58. The highest BCUT2D eigenvalue weighted by atomic mass is 35.5. The standard InChI is InChI=1S/C25H21ClF3N5O3/c1-13-9-10-34(33-13)20-11-17(26)7-8-18(20)22(25(27,28)29)37-21-12-19(31-24(30)32-21)16-5-3-15(4-6-16)14(2)23(35)36/h3-12,14,22H,1-2H3,(H,35,36)(H2,30,31,32)/t14?,22-/m1/s1. The second-order valence-corrected chi connectivity index (χ2v) is 8.71. The molecule has 0 saturated heterocycles. The Kier molecular flexibility index (Phi) is 7.08. The molecule has 0 radical (unpaired) electrons. The minimum atomic E-state index is -4.83. The summed E-state index contributed by atoms with van der Waals surface area (Å²) in [4.78, 5) is 19.2. The second-order valence-electron chi connectivity index (χ2n) is 8.28. The minimum Gasteiger partial charge on any atom is -0.481 e. The molecule has 37 heavy (non-hydrogen) atoms. The van der Waals surface area contributed by atoms with Crippen LogP contribution in [0.1, 0.15) is 35.8 Å². The molecular formula is C25H21ClF3N5O3. The number of nitrogens with zero attached hydrogens (tertiary/aromatic N) is 4. The van der Waals surface area contributed by atoms with Crippen molar-refractivity contribution < 1.29 is 27.8 Å². The molecule has 192 valence electrons. The van der Waals surface area contributed by atoms with Crippen molar-refractivity contribution in [3.8, 4) is 22.8 Å². The number of alkyl halides is 3. The maximum Gasteiger partial charge on any atom is 0.429 e. The maximum atomic E-state index is 14.3. The van der Waals surface area contributed by atoms with Gasteiger partial charge in [-0.3, -0.25) is 4.79 Å². The van der Waals surface area contributed by atoms with Crippen LogP contribution in [0.4, 0.5) is 19.1 Å². The number of carboxylic acids is 1. The van der Waals surface area contributed by atoms with Gasteiger partial charge in [-0.15, -0.1) is 0 Å². The van der Waals surface area contributed by atoms with Crippen molar-refractivity contribution in [1.82, 2.24) is 19.7 Å². The number of nitrogen functional groups attached to an aromatic ring is 1. The van der Waals surface area contributed by atoms with E-state index in [2.05, 4.69) is 15.1 Å². The zero-order valence-electron chi connectivity index (χ0n) is 19.6. The molecule has 3 N–H and O–H groups in total. The summed E-state index contributed by atoms with van der Waals surface area (Å²) in [6.07, 6.45) is -5.74. The highest BCUT2D eigenvalue weighted by Crippen LogP contribution is 2.40. The van der Waals surface area contributed by atoms with Gasteiger partial charge in [-0.05, 0) is 37.6 Å². The minimum absolute atomic E-state index is 0.0910. The fourth-order valence-corrected chi connectivity index (χ4v) is 3.82. The number of aryl methyl sites for hydroxylation is 1. The van der Waals surface area contributed by atoms with Crippen LogP contribution in [-0.2, 0) is 4.79 Å². The number of aliphatic carboxylic acids is 1. The third kappa shape index (κ3) is 5.83. The molecule has 0 amide bonds. The molecular weight excluding hydrogens is 511 g/mol. The molecule has 0 saturated carbocycles. The van der Waals surface area contributed by atoms with Crippen molar-refractivity contribution in [2.24, 2.45) is 0 Å². The average molecular weight is 532 g/mol. The van der Waals surface area contributed by atoms with Crippen LogP contribution in [0.15, 0.2) is 60.8 Å². The average Bonchev–Trinajstić information content (AvgIpc) is 3.27. The zero-order chi connectivity index (χ0) is 26.9. The lowest BCUT2D eigenvalue weighted by Gasteiger charge is -2.24. The molecule has 2 atom stereocenters. The lowest BCUT2D eigenvalue weighted by molar-refractivity contribution is -0.198. The Morgan fingerprint density at radius 1 is 1.11 bits per heavy atom. The first kappa shape index (κ1) is 26.0. The maximum absolute atomic E-state index is 14.3. The molecule has 1 unspecified atom stereocenters. The highest BCUT2D eigenvalue weighted by Gasteiger charge is 2.45. The number of ether oxygens (including phenoxy) is 1. The number of aromatic nitrogens is 4. The SMILES string of the molecule is Cc1ccn(-c2cc(Cl)ccc2[C@@H](Oc2cc(-c3ccc(C(C)C(=O)O)cc3)nc(N)n2)C(F)(F)F)n1. The van der Waals surface area contributed by atoms with Gasteiger partial charge in [-0.25, -0.2) is 9.67 Å². The number of carboxylic acid groups (broad SMARTS) is 1. The van der Waals surface area contributed by atoms with E-state index in [1.165, 1.54) is 35.1 Å². The number of halogens is 4. The molecule has 0 spiro atoms. The molecule has 0 bridgehead atoms. The van der Waals surface area contributed by atoms with Gasteiger partial charge in [-0.2, -0.15) is 23.3 Å². The number of hydrogen-bond donors (Lipinski definition) is 2. The van der Waals surface area contributed by atoms with E-state index < -0.39 is 30.0 Å². The fourth-order valence-electron chi connectivity index (χ4n) is 3.65. The first-order valence-electron chi connectivity index (χ1n) is 11.0. The van der Waals surface area contributed by atoms with Crippen molar-refractivity contribution in [2.45, 2.75) is 32.0 Å². The van der Waals surface area contributed by atoms with Crippen molar-refractivity contribution >= 4 is 23.5 Å². The van der Waals surface area contributed by atoms with Gasteiger partial charge in [0.05, 0.1) is 23.0 Å². The van der Waals surface area contributed by atoms with Gasteiger partial charge >= 0.3 is 12.1 Å². The molecule has 0 aliphatic rings. The Morgan fingerprint density at radius 3 is 2.41 bits per heavy atom. The number of carbonyl (C=O) groups is 1. The van der Waals surface area contributed by atoms with Crippen LogP contribution in [0.25, 0.3) is 16.9 Å². The number of rotatable bonds is 7. The van der Waals surface area contributed by atoms with Crippen LogP contribution in [0.5, 0.6) is 5.88 Å². The van der Waals surface area contributed by atoms with E-state index in [9.17, 15) is 23.1 Å². The van der Waals surface area contributed by atoms with Crippen molar-refractivity contribution in [3.63, 3.8) is 0 Å². The van der Waals surface area contributed by atoms with Crippen LogP contribution in [0.2, 0.25) is 5.02 Å². The van der Waals surface area contributed by atoms with Crippen LogP contribution in [0, 0.1) is 6.92 Å². The van der Waals surface area contributed by atoms with Gasteiger partial charge in [0.25, 0.3) is 0 Å². The molecule has 4 aromatic rings. The topological polar surface area (TPSA) is 116 Å². The molecule has 12 heteroatoms. The number of hydrogen-bond acceptors (Lipinski definition) is 6. The Balaban J connectivity index is 1.73. The third-order valence-corrected chi connectivity index (χ3v) is 5.81. The summed E-state index contributed by atoms with van der Waals surface area (Å²) in [6.45, 7) is 3.25. The normalized spacial score (nSPS) is 13.2. The van der Waals surface area contributed by atoms with E-state index in [0.29, 0.717) is 16.8 Å². The molecule has 2 aromatic carbocycles. The lowest BCUT2D eigenvalue weighted by atomic mass is 9.99. The van der Waals surface area contributed by atoms with E-state index >= 15 is 0 Å². The van der Waals surface area contributed by atoms with E-state index in [4.69, 9.17) is 22.1 Å². The summed E-state index contributed by atoms with van der Waals surface area (Å²) >= 11 is 6.08. The van der Waals surface area contributed by atoms with Crippen LogP contribution < -0.4 is 10.5 Å². The molecule has 8 nitrogen and oxygen atoms in total. The van der Waals surface area contributed by atoms with Crippen LogP contribution >= 0.6 is 11.6 Å². The van der Waals surface area contributed by atoms with Crippen LogP contribution in [0.3, 0.4) is 0 Å². The van der Waals surface area contributed by atoms with Gasteiger partial charge in [0.2, 0.25) is 17.9 Å². The van der Waals surface area contributed by atoms with Crippen molar-refractivity contribution in [2.75, 3.05) is 5.73 Å². The Hall–Kier alpha value is -4.12. The van der Waals surface area contributed by atoms with E-state index in [-0.39, 0.29) is 27.9 Å². The molecule has 4 rings (SSSR count). The second kappa shape index (κ2) is 10.1. The summed E-state index contributed by atoms with van der Waals surface area (Å²) in [7, 11) is 0. The summed E-state index contributed by atoms with van der Waals surface area (Å²) in [5, 5.41) is 13.6. The van der Waals surface area contributed by atoms with Crippen molar-refractivity contribution in [3.05, 3.63) is 82.6 Å². The van der Waals surface area contributed by atoms with Gasteiger partial charge in [0.1, 0.15) is 0 Å². The monoisotopic (exact) mass is 531 g/mol. The van der Waals surface area contributed by atoms with E-state index in [0.717, 1.165) is 0 Å². The lowest BCUT2D eigenvalue weighted by Crippen LogP contribution is -2.28. The number of nitrogens with two attached hydrogens (primary N) is 1. The first-order valence-corrected chi connectivity index (χ1v) is 11.3. The predicted molar refractivity (Wildman–Crippen MR) is 131 cm³/mol. The molecule has 2 heterocycles. The highest BCUT2D eigenvalue weighted by molar-refractivity contribution is 6.30. The molecule has 0 aliphatic heterocycles. The van der Waals surface area contributed by atoms with Gasteiger partial charge < -0.3 is 15.6 Å². The Labute approximate surface area is 214 Å². The molecule has 2 aromatic heterocycles. The van der Waals surface area contributed by atoms with Gasteiger partial charge in [0, 0.05) is 28.4 Å². The predicted octanol–water partition coefficient (Wildman–Crippen LogP) is 5.74. The summed E-state index contributed by atoms with van der Waals surface area (Å²) in [5.41, 5.74) is 7.50. The van der Waals surface area contributed by atoms with E-state index in [1.54, 1.807) is 44.2 Å². The number of benzene rings is 2. The first-order chi connectivity index (χ1) is 17.4. The molecule has 0 fully saturated rings. The number of anilines is 1. The molecule has 0 aliphatic carbocycles. The van der Waals surface area contributed by atoms with E-state index in [1.807, 2.05) is 0 Å². The fraction of sp³-hybridized carbons (Fsp3) is 0.200. The van der Waals surface area contributed by atoms with Gasteiger partial charge in [0.15, 0.2) is 0 Å². The quantitative estimate of drug-likeness (QED) is 0.312. The smallest absolute Gasteiger partial charge is 0.429 e. The Bertz CT molecular complexity index is 1440. The van der Waals surface area contributed by atoms with Crippen molar-refractivity contribution in [1.29, 1.82) is 0 Å². The summed E-state index contributed by atoms with van der Waals surface area (Å²) in [5.74, 6) is -2.41. The van der Waals surface area contributed by atoms with Gasteiger partial charge in [-0.1, -0.05) is 41.9 Å². The largest absolute Gasteiger partial charge is 0.481 e. The zero-order valence-corrected chi connectivity index (χ0v) is 20.3.